The van der Waals surface area contributed by atoms with Crippen LogP contribution in [0.4, 0.5) is 9.18 Å². The Kier molecular flexibility index (Phi) is 5.54. The second kappa shape index (κ2) is 7.42. The first-order chi connectivity index (χ1) is 11.3. The van der Waals surface area contributed by atoms with Gasteiger partial charge in [0, 0.05) is 19.2 Å². The van der Waals surface area contributed by atoms with Crippen LogP contribution < -0.4 is 5.32 Å². The Morgan fingerprint density at radius 2 is 2.00 bits per heavy atom. The number of likely N-dealkylation sites (N-methyl/N-ethyl adjacent to an activating group) is 1. The van der Waals surface area contributed by atoms with Gasteiger partial charge in [0.15, 0.2) is 0 Å². The summed E-state index contributed by atoms with van der Waals surface area (Å²) in [5, 5.41) is 2.59. The summed E-state index contributed by atoms with van der Waals surface area (Å²) in [5.41, 5.74) is 0.378. The van der Waals surface area contributed by atoms with Crippen molar-refractivity contribution in [3.63, 3.8) is 0 Å². The Balaban J connectivity index is 1.97. The van der Waals surface area contributed by atoms with E-state index in [1.165, 1.54) is 18.0 Å². The molecule has 1 N–H and O–H groups in total. The fraction of sp³-hybridized carbons (Fsp3) is 0.471. The van der Waals surface area contributed by atoms with Gasteiger partial charge in [0.1, 0.15) is 18.4 Å². The second-order valence-corrected chi connectivity index (χ2v) is 6.40. The number of nitrogens with one attached hydrogen (secondary N) is 1. The number of nitrogens with zero attached hydrogens (tertiary/aromatic N) is 2. The summed E-state index contributed by atoms with van der Waals surface area (Å²) in [6, 6.07) is 5.03. The van der Waals surface area contributed by atoms with Gasteiger partial charge in [0.05, 0.1) is 0 Å². The van der Waals surface area contributed by atoms with Crippen LogP contribution in [0.2, 0.25) is 0 Å². The molecule has 1 aromatic carbocycles. The number of benzene rings is 1. The number of hydrogen-bond acceptors (Lipinski definition) is 3. The highest BCUT2D eigenvalue weighted by molar-refractivity contribution is 6.06. The number of halogens is 1. The standard InChI is InChI=1S/C17H22FN3O3/c1-11(2)8-14-16(23)21(17(24)19-14)10-15(22)20(3)9-12-6-4-5-7-13(12)18/h4-7,11,14H,8-10H2,1-3H3,(H,19,24). The van der Waals surface area contributed by atoms with E-state index < -0.39 is 23.8 Å². The predicted molar refractivity (Wildman–Crippen MR) is 86.4 cm³/mol. The Hall–Kier alpha value is -2.44. The van der Waals surface area contributed by atoms with Crippen LogP contribution in [0.15, 0.2) is 24.3 Å². The Morgan fingerprint density at radius 3 is 2.62 bits per heavy atom. The predicted octanol–water partition coefficient (Wildman–Crippen LogP) is 1.75. The number of amides is 4. The molecule has 1 aliphatic rings. The molecule has 1 saturated heterocycles. The van der Waals surface area contributed by atoms with Crippen molar-refractivity contribution in [3.05, 3.63) is 35.6 Å². The summed E-state index contributed by atoms with van der Waals surface area (Å²) in [7, 11) is 1.51. The van der Waals surface area contributed by atoms with Crippen LogP contribution in [0.1, 0.15) is 25.8 Å². The van der Waals surface area contributed by atoms with Crippen molar-refractivity contribution < 1.29 is 18.8 Å². The van der Waals surface area contributed by atoms with Crippen LogP contribution >= 0.6 is 0 Å². The molecule has 0 radical (unpaired) electrons. The van der Waals surface area contributed by atoms with Crippen molar-refractivity contribution in [1.29, 1.82) is 0 Å². The fourth-order valence-corrected chi connectivity index (χ4v) is 2.58. The maximum Gasteiger partial charge on any atom is 0.325 e. The second-order valence-electron chi connectivity index (χ2n) is 6.40. The lowest BCUT2D eigenvalue weighted by atomic mass is 10.0. The van der Waals surface area contributed by atoms with Gasteiger partial charge < -0.3 is 10.2 Å². The monoisotopic (exact) mass is 335 g/mol. The minimum absolute atomic E-state index is 0.0740. The van der Waals surface area contributed by atoms with Crippen LogP contribution in [0, 0.1) is 11.7 Å². The van der Waals surface area contributed by atoms with Gasteiger partial charge in [-0.05, 0) is 18.4 Å². The zero-order chi connectivity index (χ0) is 17.9. The van der Waals surface area contributed by atoms with Gasteiger partial charge >= 0.3 is 6.03 Å². The third-order valence-corrected chi connectivity index (χ3v) is 3.90. The molecule has 0 spiro atoms. The molecule has 130 valence electrons. The molecule has 2 rings (SSSR count). The lowest BCUT2D eigenvalue weighted by Crippen LogP contribution is -2.41. The lowest BCUT2D eigenvalue weighted by Gasteiger charge is -2.20. The molecule has 1 heterocycles. The first-order valence-corrected chi connectivity index (χ1v) is 7.88. The van der Waals surface area contributed by atoms with Crippen LogP contribution in [0.5, 0.6) is 0 Å². The molecule has 24 heavy (non-hydrogen) atoms. The quantitative estimate of drug-likeness (QED) is 0.805. The van der Waals surface area contributed by atoms with Gasteiger partial charge in [-0.3, -0.25) is 14.5 Å². The Bertz CT molecular complexity index is 648. The van der Waals surface area contributed by atoms with Gasteiger partial charge in [-0.2, -0.15) is 0 Å². The zero-order valence-corrected chi connectivity index (χ0v) is 14.1. The van der Waals surface area contributed by atoms with Crippen molar-refractivity contribution >= 4 is 17.8 Å². The van der Waals surface area contributed by atoms with E-state index in [2.05, 4.69) is 5.32 Å². The molecule has 1 aromatic rings. The number of urea groups is 1. The zero-order valence-electron chi connectivity index (χ0n) is 14.1. The van der Waals surface area contributed by atoms with Crippen molar-refractivity contribution in [3.8, 4) is 0 Å². The van der Waals surface area contributed by atoms with E-state index in [1.54, 1.807) is 18.2 Å². The Labute approximate surface area is 140 Å². The molecule has 0 aliphatic carbocycles. The number of rotatable bonds is 6. The molecule has 7 heteroatoms. The van der Waals surface area contributed by atoms with E-state index in [0.717, 1.165) is 4.90 Å². The van der Waals surface area contributed by atoms with E-state index in [0.29, 0.717) is 12.0 Å². The average Bonchev–Trinajstić information content (AvgIpc) is 2.76. The third-order valence-electron chi connectivity index (χ3n) is 3.90. The highest BCUT2D eigenvalue weighted by Crippen LogP contribution is 2.15. The number of carbonyl (C=O) groups is 3. The molecule has 6 nitrogen and oxygen atoms in total. The molecule has 0 saturated carbocycles. The summed E-state index contributed by atoms with van der Waals surface area (Å²) in [5.74, 6) is -0.962. The maximum absolute atomic E-state index is 13.6. The van der Waals surface area contributed by atoms with Crippen LogP contribution in [0.25, 0.3) is 0 Å². The van der Waals surface area contributed by atoms with Crippen LogP contribution in [-0.2, 0) is 16.1 Å². The van der Waals surface area contributed by atoms with Crippen molar-refractivity contribution in [2.45, 2.75) is 32.9 Å². The van der Waals surface area contributed by atoms with E-state index in [1.807, 2.05) is 13.8 Å². The van der Waals surface area contributed by atoms with Crippen LogP contribution in [0.3, 0.4) is 0 Å². The van der Waals surface area contributed by atoms with E-state index in [9.17, 15) is 18.8 Å². The number of carbonyl (C=O) groups excluding carboxylic acids is 3. The van der Waals surface area contributed by atoms with Crippen molar-refractivity contribution in [2.24, 2.45) is 5.92 Å². The maximum atomic E-state index is 13.6. The van der Waals surface area contributed by atoms with E-state index in [-0.39, 0.29) is 24.9 Å². The summed E-state index contributed by atoms with van der Waals surface area (Å²) >= 11 is 0. The molecule has 0 bridgehead atoms. The van der Waals surface area contributed by atoms with Crippen molar-refractivity contribution in [1.82, 2.24) is 15.1 Å². The molecule has 1 atom stereocenters. The molecule has 4 amide bonds. The van der Waals surface area contributed by atoms with Gasteiger partial charge in [-0.1, -0.05) is 32.0 Å². The molecular formula is C17H22FN3O3. The topological polar surface area (TPSA) is 69.7 Å². The molecule has 1 aliphatic heterocycles. The van der Waals surface area contributed by atoms with Gasteiger partial charge in [-0.15, -0.1) is 0 Å². The number of imide groups is 1. The highest BCUT2D eigenvalue weighted by Gasteiger charge is 2.39. The summed E-state index contributed by atoms with van der Waals surface area (Å²) in [6.07, 6.45) is 0.528. The molecule has 1 fully saturated rings. The lowest BCUT2D eigenvalue weighted by molar-refractivity contribution is -0.137. The molecule has 1 unspecified atom stereocenters. The van der Waals surface area contributed by atoms with Crippen LogP contribution in [-0.4, -0.2) is 47.3 Å². The van der Waals surface area contributed by atoms with E-state index in [4.69, 9.17) is 0 Å². The first-order valence-electron chi connectivity index (χ1n) is 7.88. The summed E-state index contributed by atoms with van der Waals surface area (Å²) in [4.78, 5) is 38.6. The minimum Gasteiger partial charge on any atom is -0.340 e. The smallest absolute Gasteiger partial charge is 0.325 e. The number of hydrogen-bond donors (Lipinski definition) is 1. The molecular weight excluding hydrogens is 313 g/mol. The van der Waals surface area contributed by atoms with Gasteiger partial charge in [0.25, 0.3) is 5.91 Å². The normalized spacial score (nSPS) is 17.4. The average molecular weight is 335 g/mol. The van der Waals surface area contributed by atoms with Gasteiger partial charge in [-0.25, -0.2) is 9.18 Å². The highest BCUT2D eigenvalue weighted by atomic mass is 19.1. The fourth-order valence-electron chi connectivity index (χ4n) is 2.58. The largest absolute Gasteiger partial charge is 0.340 e. The molecule has 0 aromatic heterocycles. The van der Waals surface area contributed by atoms with Crippen molar-refractivity contribution in [2.75, 3.05) is 13.6 Å². The Morgan fingerprint density at radius 1 is 1.33 bits per heavy atom. The third kappa shape index (κ3) is 4.10. The first kappa shape index (κ1) is 17.9. The summed E-state index contributed by atoms with van der Waals surface area (Å²) < 4.78 is 13.6. The van der Waals surface area contributed by atoms with Gasteiger partial charge in [0.2, 0.25) is 5.91 Å². The minimum atomic E-state index is -0.581. The summed E-state index contributed by atoms with van der Waals surface area (Å²) in [6.45, 7) is 3.64. The van der Waals surface area contributed by atoms with E-state index >= 15 is 0 Å². The SMILES string of the molecule is CC(C)CC1NC(=O)N(CC(=O)N(C)Cc2ccccc2F)C1=O.